The van der Waals surface area contributed by atoms with Crippen molar-refractivity contribution in [2.75, 3.05) is 19.8 Å². The molecule has 0 amide bonds. The highest BCUT2D eigenvalue weighted by Crippen LogP contribution is 2.12. The van der Waals surface area contributed by atoms with Crippen molar-refractivity contribution in [3.63, 3.8) is 0 Å². The third kappa shape index (κ3) is 38.4. The van der Waals surface area contributed by atoms with Gasteiger partial charge < -0.3 is 14.2 Å². The van der Waals surface area contributed by atoms with Crippen LogP contribution in [-0.2, 0) is 23.8 Å². The van der Waals surface area contributed by atoms with E-state index in [1.165, 1.54) is 70.6 Å². The molecule has 5 heteroatoms. The van der Waals surface area contributed by atoms with Crippen LogP contribution in [0.5, 0.6) is 0 Å². The van der Waals surface area contributed by atoms with Crippen LogP contribution in [0.3, 0.4) is 0 Å². The number of esters is 2. The second kappa shape index (κ2) is 41.0. The van der Waals surface area contributed by atoms with Crippen LogP contribution in [0.2, 0.25) is 0 Å². The average molecular weight is 699 g/mol. The Bertz CT molecular complexity index is 884. The molecule has 0 aliphatic heterocycles. The normalized spacial score (nSPS) is 12.8. The molecule has 0 spiro atoms. The fraction of sp³-hybridized carbons (Fsp3) is 0.733. The van der Waals surface area contributed by atoms with Gasteiger partial charge in [0.05, 0.1) is 6.61 Å². The number of hydrogen-bond acceptors (Lipinski definition) is 5. The van der Waals surface area contributed by atoms with E-state index in [0.29, 0.717) is 19.4 Å². The predicted molar refractivity (Wildman–Crippen MR) is 214 cm³/mol. The van der Waals surface area contributed by atoms with Gasteiger partial charge in [0.2, 0.25) is 0 Å². The molecule has 0 aromatic carbocycles. The third-order valence-corrected chi connectivity index (χ3v) is 8.52. The maximum absolute atomic E-state index is 12.6. The Labute approximate surface area is 309 Å². The van der Waals surface area contributed by atoms with Gasteiger partial charge >= 0.3 is 11.9 Å². The van der Waals surface area contributed by atoms with Crippen LogP contribution in [0.1, 0.15) is 188 Å². The zero-order valence-corrected chi connectivity index (χ0v) is 32.9. The van der Waals surface area contributed by atoms with Gasteiger partial charge in [0.25, 0.3) is 0 Å². The summed E-state index contributed by atoms with van der Waals surface area (Å²) in [5, 5.41) is 0. The molecule has 50 heavy (non-hydrogen) atoms. The molecule has 0 aromatic rings. The van der Waals surface area contributed by atoms with Crippen LogP contribution < -0.4 is 0 Å². The van der Waals surface area contributed by atoms with Crippen LogP contribution >= 0.6 is 0 Å². The lowest BCUT2D eigenvalue weighted by atomic mass is 10.1. The first kappa shape index (κ1) is 47.6. The molecular weight excluding hydrogens is 620 g/mol. The molecule has 0 saturated carbocycles. The topological polar surface area (TPSA) is 61.8 Å². The quantitative estimate of drug-likeness (QED) is 0.0367. The third-order valence-electron chi connectivity index (χ3n) is 8.52. The molecule has 0 heterocycles. The zero-order valence-electron chi connectivity index (χ0n) is 32.9. The molecule has 0 radical (unpaired) electrons. The van der Waals surface area contributed by atoms with Gasteiger partial charge in [0.1, 0.15) is 6.61 Å². The zero-order chi connectivity index (χ0) is 36.4. The standard InChI is InChI=1S/C45H78O5/c1-4-7-10-13-16-18-20-22-24-26-28-31-34-37-40-48-41-43(50-45(47)39-36-33-29-15-12-9-6-3)42-49-44(46)38-35-32-30-27-25-23-21-19-17-14-11-8-5-2/h8,10-11,13,17-20,23,25,43H,4-7,9,12,14-16,21-22,24,26-42H2,1-3H3/b11-8-,13-10-,19-17-,20-18-,25-23-. The Morgan fingerprint density at radius 2 is 0.940 bits per heavy atom. The largest absolute Gasteiger partial charge is 0.462 e. The summed E-state index contributed by atoms with van der Waals surface area (Å²) in [5.41, 5.74) is 0. The van der Waals surface area contributed by atoms with Gasteiger partial charge in [-0.15, -0.1) is 0 Å². The number of carbonyl (C=O) groups excluding carboxylic acids is 2. The van der Waals surface area contributed by atoms with E-state index in [-0.39, 0.29) is 25.2 Å². The minimum atomic E-state index is -0.548. The molecule has 0 N–H and O–H groups in total. The van der Waals surface area contributed by atoms with Crippen LogP contribution in [0, 0.1) is 0 Å². The maximum atomic E-state index is 12.6. The van der Waals surface area contributed by atoms with Crippen molar-refractivity contribution in [2.45, 2.75) is 194 Å². The fourth-order valence-electron chi connectivity index (χ4n) is 5.44. The van der Waals surface area contributed by atoms with Gasteiger partial charge in [-0.3, -0.25) is 9.59 Å². The molecule has 0 aliphatic carbocycles. The van der Waals surface area contributed by atoms with Gasteiger partial charge in [0, 0.05) is 19.4 Å². The van der Waals surface area contributed by atoms with Crippen molar-refractivity contribution in [3.05, 3.63) is 60.8 Å². The molecule has 5 nitrogen and oxygen atoms in total. The molecular formula is C45H78O5. The average Bonchev–Trinajstić information content (AvgIpc) is 3.11. The highest BCUT2D eigenvalue weighted by atomic mass is 16.6. The van der Waals surface area contributed by atoms with Gasteiger partial charge in [0.15, 0.2) is 6.10 Å². The summed E-state index contributed by atoms with van der Waals surface area (Å²) in [6, 6.07) is 0. The summed E-state index contributed by atoms with van der Waals surface area (Å²) >= 11 is 0. The lowest BCUT2D eigenvalue weighted by molar-refractivity contribution is -0.163. The van der Waals surface area contributed by atoms with E-state index in [1.54, 1.807) is 0 Å². The second-order valence-electron chi connectivity index (χ2n) is 13.5. The first-order valence-electron chi connectivity index (χ1n) is 20.8. The number of hydrogen-bond donors (Lipinski definition) is 0. The van der Waals surface area contributed by atoms with Gasteiger partial charge in [-0.1, -0.05) is 159 Å². The van der Waals surface area contributed by atoms with Crippen molar-refractivity contribution in [1.29, 1.82) is 0 Å². The van der Waals surface area contributed by atoms with E-state index < -0.39 is 6.10 Å². The van der Waals surface area contributed by atoms with Crippen molar-refractivity contribution >= 4 is 11.9 Å². The fourth-order valence-corrected chi connectivity index (χ4v) is 5.44. The molecule has 288 valence electrons. The lowest BCUT2D eigenvalue weighted by Gasteiger charge is -2.18. The van der Waals surface area contributed by atoms with E-state index in [0.717, 1.165) is 83.5 Å². The van der Waals surface area contributed by atoms with Crippen LogP contribution in [0.25, 0.3) is 0 Å². The number of rotatable bonds is 37. The second-order valence-corrected chi connectivity index (χ2v) is 13.5. The van der Waals surface area contributed by atoms with E-state index in [9.17, 15) is 9.59 Å². The highest BCUT2D eigenvalue weighted by molar-refractivity contribution is 5.70. The number of allylic oxidation sites excluding steroid dienone is 10. The van der Waals surface area contributed by atoms with E-state index in [1.807, 2.05) is 0 Å². The Kier molecular flexibility index (Phi) is 39.1. The molecule has 0 aromatic heterocycles. The van der Waals surface area contributed by atoms with Gasteiger partial charge in [-0.25, -0.2) is 0 Å². The van der Waals surface area contributed by atoms with Gasteiger partial charge in [-0.05, 0) is 77.0 Å². The summed E-state index contributed by atoms with van der Waals surface area (Å²) in [4.78, 5) is 25.0. The molecule has 1 unspecified atom stereocenters. The molecule has 0 fully saturated rings. The molecule has 0 bridgehead atoms. The van der Waals surface area contributed by atoms with Crippen LogP contribution in [-0.4, -0.2) is 37.9 Å². The molecule has 1 atom stereocenters. The first-order valence-corrected chi connectivity index (χ1v) is 20.8. The maximum Gasteiger partial charge on any atom is 0.306 e. The monoisotopic (exact) mass is 699 g/mol. The number of unbranched alkanes of at least 4 members (excludes halogenated alkanes) is 16. The number of ether oxygens (including phenoxy) is 3. The highest BCUT2D eigenvalue weighted by Gasteiger charge is 2.17. The van der Waals surface area contributed by atoms with E-state index >= 15 is 0 Å². The Morgan fingerprint density at radius 3 is 1.54 bits per heavy atom. The smallest absolute Gasteiger partial charge is 0.306 e. The Morgan fingerprint density at radius 1 is 0.460 bits per heavy atom. The molecule has 0 saturated heterocycles. The van der Waals surface area contributed by atoms with Gasteiger partial charge in [-0.2, -0.15) is 0 Å². The Balaban J connectivity index is 4.25. The van der Waals surface area contributed by atoms with Crippen molar-refractivity contribution in [1.82, 2.24) is 0 Å². The summed E-state index contributed by atoms with van der Waals surface area (Å²) < 4.78 is 17.2. The lowest BCUT2D eigenvalue weighted by Crippen LogP contribution is -2.30. The Hall–Kier alpha value is -2.40. The molecule has 0 aliphatic rings. The molecule has 0 rings (SSSR count). The van der Waals surface area contributed by atoms with Crippen molar-refractivity contribution in [2.24, 2.45) is 0 Å². The summed E-state index contributed by atoms with van der Waals surface area (Å²) in [6.45, 7) is 7.55. The van der Waals surface area contributed by atoms with Crippen LogP contribution in [0.4, 0.5) is 0 Å². The minimum Gasteiger partial charge on any atom is -0.462 e. The number of carbonyl (C=O) groups is 2. The van der Waals surface area contributed by atoms with Crippen molar-refractivity contribution in [3.8, 4) is 0 Å². The van der Waals surface area contributed by atoms with Crippen LogP contribution in [0.15, 0.2) is 60.8 Å². The predicted octanol–water partition coefficient (Wildman–Crippen LogP) is 13.4. The van der Waals surface area contributed by atoms with E-state index in [4.69, 9.17) is 14.2 Å². The summed E-state index contributed by atoms with van der Waals surface area (Å²) in [5.74, 6) is -0.446. The summed E-state index contributed by atoms with van der Waals surface area (Å²) in [6.07, 6.45) is 49.4. The SMILES string of the molecule is CC/C=C\C/C=C\C/C=C\CCCCCC(=O)OCC(COCCCCCCCC/C=C\C/C=C\CCC)OC(=O)CCCCCCCCC. The first-order chi connectivity index (χ1) is 24.6. The summed E-state index contributed by atoms with van der Waals surface area (Å²) in [7, 11) is 0. The van der Waals surface area contributed by atoms with E-state index in [2.05, 4.69) is 81.5 Å². The van der Waals surface area contributed by atoms with Crippen molar-refractivity contribution < 1.29 is 23.8 Å². The minimum absolute atomic E-state index is 0.0650.